The quantitative estimate of drug-likeness (QED) is 0.724. The van der Waals surface area contributed by atoms with Crippen molar-refractivity contribution < 1.29 is 26.4 Å². The van der Waals surface area contributed by atoms with Gasteiger partial charge in [-0.15, -0.1) is 0 Å². The fourth-order valence-corrected chi connectivity index (χ4v) is 4.61. The summed E-state index contributed by atoms with van der Waals surface area (Å²) < 4.78 is 65.7. The summed E-state index contributed by atoms with van der Waals surface area (Å²) in [5, 5.41) is -0.571. The highest BCUT2D eigenvalue weighted by atomic mass is 35.5. The zero-order chi connectivity index (χ0) is 21.4. The lowest BCUT2D eigenvalue weighted by molar-refractivity contribution is -0.137. The van der Waals surface area contributed by atoms with E-state index in [2.05, 4.69) is 4.98 Å². The van der Waals surface area contributed by atoms with Crippen molar-refractivity contribution in [2.45, 2.75) is 18.0 Å². The summed E-state index contributed by atoms with van der Waals surface area (Å²) in [7, 11) is -4.16. The van der Waals surface area contributed by atoms with Crippen LogP contribution in [0.25, 0.3) is 0 Å². The van der Waals surface area contributed by atoms with Gasteiger partial charge in [0.2, 0.25) is 10.0 Å². The predicted octanol–water partition coefficient (Wildman–Crippen LogP) is 3.21. The van der Waals surface area contributed by atoms with Gasteiger partial charge in [0.25, 0.3) is 5.91 Å². The van der Waals surface area contributed by atoms with Crippen molar-refractivity contribution in [1.82, 2.24) is 14.2 Å². The fourth-order valence-electron chi connectivity index (χ4n) is 2.94. The number of aromatic nitrogens is 1. The van der Waals surface area contributed by atoms with Crippen LogP contribution < -0.4 is 0 Å². The molecule has 1 aliphatic heterocycles. The Balaban J connectivity index is 1.75. The maximum absolute atomic E-state index is 13.0. The average molecular weight is 448 g/mol. The molecule has 1 amide bonds. The first kappa shape index (κ1) is 21.5. The number of sulfonamides is 1. The summed E-state index contributed by atoms with van der Waals surface area (Å²) in [6.45, 7) is 1.96. The van der Waals surface area contributed by atoms with Crippen LogP contribution in [-0.2, 0) is 16.2 Å². The first-order valence-electron chi connectivity index (χ1n) is 8.59. The van der Waals surface area contributed by atoms with E-state index in [0.717, 1.165) is 22.1 Å². The number of carbonyl (C=O) groups is 1. The van der Waals surface area contributed by atoms with Gasteiger partial charge in [-0.2, -0.15) is 17.5 Å². The van der Waals surface area contributed by atoms with E-state index in [1.54, 1.807) is 19.1 Å². The third-order valence-electron chi connectivity index (χ3n) is 4.57. The number of amides is 1. The lowest BCUT2D eigenvalue weighted by Crippen LogP contribution is -2.50. The summed E-state index contributed by atoms with van der Waals surface area (Å²) >= 11 is 5.56. The Morgan fingerprint density at radius 1 is 1.10 bits per heavy atom. The molecular weight excluding hydrogens is 431 g/mol. The maximum Gasteiger partial charge on any atom is 0.417 e. The second kappa shape index (κ2) is 7.92. The van der Waals surface area contributed by atoms with E-state index in [-0.39, 0.29) is 32.1 Å². The third-order valence-corrected chi connectivity index (χ3v) is 6.79. The van der Waals surface area contributed by atoms with Crippen LogP contribution in [0, 0.1) is 6.92 Å². The molecule has 0 N–H and O–H groups in total. The van der Waals surface area contributed by atoms with Crippen LogP contribution in [0.4, 0.5) is 13.2 Å². The Bertz CT molecular complexity index is 1020. The van der Waals surface area contributed by atoms with E-state index in [0.29, 0.717) is 11.6 Å². The van der Waals surface area contributed by atoms with Crippen molar-refractivity contribution in [3.8, 4) is 0 Å². The summed E-state index contributed by atoms with van der Waals surface area (Å²) in [6, 6.07) is 5.84. The number of hydrogen-bond donors (Lipinski definition) is 0. The fraction of sp³-hybridized carbons (Fsp3) is 0.333. The van der Waals surface area contributed by atoms with Crippen molar-refractivity contribution >= 4 is 27.5 Å². The predicted molar refractivity (Wildman–Crippen MR) is 100 cm³/mol. The molecular formula is C18H17ClF3N3O3S. The summed E-state index contributed by atoms with van der Waals surface area (Å²) in [4.78, 5) is 17.6. The van der Waals surface area contributed by atoms with E-state index in [1.165, 1.54) is 11.1 Å². The third kappa shape index (κ3) is 4.54. The number of alkyl halides is 3. The van der Waals surface area contributed by atoms with Crippen molar-refractivity contribution in [2.75, 3.05) is 26.2 Å². The molecule has 0 radical (unpaired) electrons. The molecule has 0 atom stereocenters. The second-order valence-electron chi connectivity index (χ2n) is 6.52. The summed E-state index contributed by atoms with van der Waals surface area (Å²) in [5.41, 5.74) is -0.0565. The number of hydrogen-bond acceptors (Lipinski definition) is 4. The molecule has 0 aliphatic carbocycles. The highest BCUT2D eigenvalue weighted by molar-refractivity contribution is 7.89. The first-order chi connectivity index (χ1) is 13.5. The second-order valence-corrected chi connectivity index (χ2v) is 8.87. The number of aryl methyl sites for hydroxylation is 1. The van der Waals surface area contributed by atoms with Gasteiger partial charge in [-0.25, -0.2) is 8.42 Å². The largest absolute Gasteiger partial charge is 0.417 e. The van der Waals surface area contributed by atoms with E-state index in [4.69, 9.17) is 11.6 Å². The molecule has 1 saturated heterocycles. The molecule has 1 aromatic carbocycles. The molecule has 0 saturated carbocycles. The Morgan fingerprint density at radius 2 is 1.76 bits per heavy atom. The topological polar surface area (TPSA) is 70.6 Å². The molecule has 0 unspecified atom stereocenters. The summed E-state index contributed by atoms with van der Waals surface area (Å²) in [5.74, 6) is -0.277. The van der Waals surface area contributed by atoms with Crippen molar-refractivity contribution in [3.05, 3.63) is 58.4 Å². The molecule has 11 heteroatoms. The zero-order valence-electron chi connectivity index (χ0n) is 15.3. The van der Waals surface area contributed by atoms with Gasteiger partial charge < -0.3 is 4.90 Å². The number of piperazine rings is 1. The molecule has 3 rings (SSSR count). The minimum Gasteiger partial charge on any atom is -0.336 e. The molecule has 2 heterocycles. The maximum atomic E-state index is 13.0. The highest BCUT2D eigenvalue weighted by Crippen LogP contribution is 2.36. The number of pyridine rings is 1. The Labute approximate surface area is 170 Å². The zero-order valence-corrected chi connectivity index (χ0v) is 16.9. The molecule has 2 aromatic rings. The standard InChI is InChI=1S/C18H17ClF3N3O3S/c1-12-2-3-13(11-23-12)17(26)24-6-8-25(9-7-24)29(27,28)14-4-5-16(19)15(10-14)18(20,21)22/h2-5,10-11H,6-9H2,1H3. The number of benzene rings is 1. The van der Waals surface area contributed by atoms with Gasteiger partial charge in [0.05, 0.1) is 21.0 Å². The molecule has 156 valence electrons. The minimum atomic E-state index is -4.77. The van der Waals surface area contributed by atoms with Crippen LogP contribution in [-0.4, -0.2) is 54.7 Å². The number of carbonyl (C=O) groups excluding carboxylic acids is 1. The number of halogens is 4. The van der Waals surface area contributed by atoms with Gasteiger partial charge >= 0.3 is 6.18 Å². The van der Waals surface area contributed by atoms with E-state index in [1.807, 2.05) is 0 Å². The Morgan fingerprint density at radius 3 is 2.31 bits per heavy atom. The lowest BCUT2D eigenvalue weighted by Gasteiger charge is -2.34. The van der Waals surface area contributed by atoms with Gasteiger partial charge in [0.1, 0.15) is 0 Å². The van der Waals surface area contributed by atoms with Crippen LogP contribution in [0.1, 0.15) is 21.6 Å². The van der Waals surface area contributed by atoms with Crippen LogP contribution >= 0.6 is 11.6 Å². The van der Waals surface area contributed by atoms with E-state index < -0.39 is 31.7 Å². The number of rotatable bonds is 3. The van der Waals surface area contributed by atoms with Gasteiger partial charge in [-0.1, -0.05) is 11.6 Å². The van der Waals surface area contributed by atoms with Crippen molar-refractivity contribution in [3.63, 3.8) is 0 Å². The van der Waals surface area contributed by atoms with Gasteiger partial charge in [-0.05, 0) is 37.3 Å². The SMILES string of the molecule is Cc1ccc(C(=O)N2CCN(S(=O)(=O)c3ccc(Cl)c(C(F)(F)F)c3)CC2)cn1. The Hall–Kier alpha value is -2.17. The van der Waals surface area contributed by atoms with Gasteiger partial charge in [0.15, 0.2) is 0 Å². The molecule has 1 fully saturated rings. The van der Waals surface area contributed by atoms with Crippen LogP contribution in [0.15, 0.2) is 41.4 Å². The molecule has 1 aromatic heterocycles. The molecule has 0 spiro atoms. The molecule has 0 bridgehead atoms. The van der Waals surface area contributed by atoms with Crippen LogP contribution in [0.3, 0.4) is 0 Å². The average Bonchev–Trinajstić information content (AvgIpc) is 2.67. The molecule has 6 nitrogen and oxygen atoms in total. The van der Waals surface area contributed by atoms with Crippen molar-refractivity contribution in [1.29, 1.82) is 0 Å². The van der Waals surface area contributed by atoms with Crippen molar-refractivity contribution in [2.24, 2.45) is 0 Å². The van der Waals surface area contributed by atoms with Gasteiger partial charge in [-0.3, -0.25) is 9.78 Å². The van der Waals surface area contributed by atoms with E-state index in [9.17, 15) is 26.4 Å². The smallest absolute Gasteiger partial charge is 0.336 e. The normalized spacial score (nSPS) is 16.1. The lowest BCUT2D eigenvalue weighted by atomic mass is 10.2. The molecule has 1 aliphatic rings. The summed E-state index contributed by atoms with van der Waals surface area (Å²) in [6.07, 6.45) is -3.32. The number of nitrogens with zero attached hydrogens (tertiary/aromatic N) is 3. The van der Waals surface area contributed by atoms with Gasteiger partial charge in [0, 0.05) is 38.1 Å². The Kier molecular flexibility index (Phi) is 5.88. The highest BCUT2D eigenvalue weighted by Gasteiger charge is 2.36. The van der Waals surface area contributed by atoms with E-state index >= 15 is 0 Å². The first-order valence-corrected chi connectivity index (χ1v) is 10.4. The van der Waals surface area contributed by atoms with Crippen LogP contribution in [0.2, 0.25) is 5.02 Å². The monoisotopic (exact) mass is 447 g/mol. The minimum absolute atomic E-state index is 0.0304. The molecule has 29 heavy (non-hydrogen) atoms. The van der Waals surface area contributed by atoms with Crippen LogP contribution in [0.5, 0.6) is 0 Å².